The Bertz CT molecular complexity index is 303. The predicted octanol–water partition coefficient (Wildman–Crippen LogP) is 2.59. The molecule has 0 aliphatic carbocycles. The summed E-state index contributed by atoms with van der Waals surface area (Å²) >= 11 is 0. The van der Waals surface area contributed by atoms with Crippen molar-refractivity contribution >= 4 is 0 Å². The molecule has 0 atom stereocenters. The van der Waals surface area contributed by atoms with E-state index < -0.39 is 0 Å². The van der Waals surface area contributed by atoms with E-state index in [-0.39, 0.29) is 5.41 Å². The third-order valence-corrected chi connectivity index (χ3v) is 2.43. The van der Waals surface area contributed by atoms with Crippen LogP contribution in [-0.2, 0) is 18.9 Å². The van der Waals surface area contributed by atoms with Gasteiger partial charge in [-0.25, -0.2) is 0 Å². The first kappa shape index (κ1) is 10.3. The van der Waals surface area contributed by atoms with Gasteiger partial charge in [-0.1, -0.05) is 27.7 Å². The fourth-order valence-electron chi connectivity index (χ4n) is 2.09. The third-order valence-electron chi connectivity index (χ3n) is 2.43. The standard InChI is InChI=1S/C11H20N2/c1-7-9-10(11(3,4)5)8(2)12-13(9)6/h7H2,1-6H3. The van der Waals surface area contributed by atoms with E-state index in [1.165, 1.54) is 17.0 Å². The van der Waals surface area contributed by atoms with Crippen molar-refractivity contribution in [3.05, 3.63) is 17.0 Å². The van der Waals surface area contributed by atoms with Crippen LogP contribution in [0, 0.1) is 6.92 Å². The van der Waals surface area contributed by atoms with Gasteiger partial charge >= 0.3 is 0 Å². The molecule has 0 aliphatic rings. The van der Waals surface area contributed by atoms with Crippen LogP contribution >= 0.6 is 0 Å². The highest BCUT2D eigenvalue weighted by atomic mass is 15.3. The van der Waals surface area contributed by atoms with Crippen molar-refractivity contribution in [2.24, 2.45) is 7.05 Å². The van der Waals surface area contributed by atoms with E-state index >= 15 is 0 Å². The summed E-state index contributed by atoms with van der Waals surface area (Å²) < 4.78 is 2.01. The van der Waals surface area contributed by atoms with Gasteiger partial charge in [-0.15, -0.1) is 0 Å². The number of aryl methyl sites for hydroxylation is 2. The summed E-state index contributed by atoms with van der Waals surface area (Å²) in [6.07, 6.45) is 1.06. The first-order valence-electron chi connectivity index (χ1n) is 4.91. The van der Waals surface area contributed by atoms with Gasteiger partial charge in [0.2, 0.25) is 0 Å². The normalized spacial score (nSPS) is 12.2. The van der Waals surface area contributed by atoms with Crippen LogP contribution in [0.5, 0.6) is 0 Å². The molecule has 1 rings (SSSR count). The minimum Gasteiger partial charge on any atom is -0.272 e. The van der Waals surface area contributed by atoms with E-state index in [4.69, 9.17) is 0 Å². The maximum absolute atomic E-state index is 4.46. The highest BCUT2D eigenvalue weighted by Gasteiger charge is 2.23. The Balaban J connectivity index is 3.34. The molecular weight excluding hydrogens is 160 g/mol. The zero-order valence-corrected chi connectivity index (χ0v) is 9.60. The Kier molecular flexibility index (Phi) is 2.51. The molecule has 1 aromatic heterocycles. The monoisotopic (exact) mass is 180 g/mol. The average molecular weight is 180 g/mol. The largest absolute Gasteiger partial charge is 0.272 e. The molecule has 0 fully saturated rings. The van der Waals surface area contributed by atoms with E-state index in [1.54, 1.807) is 0 Å². The highest BCUT2D eigenvalue weighted by Crippen LogP contribution is 2.28. The topological polar surface area (TPSA) is 17.8 Å². The number of hydrogen-bond acceptors (Lipinski definition) is 1. The van der Waals surface area contributed by atoms with Gasteiger partial charge in [-0.3, -0.25) is 4.68 Å². The Labute approximate surface area is 81.0 Å². The van der Waals surface area contributed by atoms with Crippen LogP contribution < -0.4 is 0 Å². The van der Waals surface area contributed by atoms with Gasteiger partial charge in [0, 0.05) is 18.3 Å². The Morgan fingerprint density at radius 2 is 1.85 bits per heavy atom. The number of rotatable bonds is 1. The van der Waals surface area contributed by atoms with Crippen LogP contribution in [0.3, 0.4) is 0 Å². The van der Waals surface area contributed by atoms with E-state index in [0.29, 0.717) is 0 Å². The van der Waals surface area contributed by atoms with Crippen LogP contribution in [-0.4, -0.2) is 9.78 Å². The molecule has 0 spiro atoms. The fraction of sp³-hybridized carbons (Fsp3) is 0.727. The molecule has 0 aliphatic heterocycles. The van der Waals surface area contributed by atoms with Crippen LogP contribution in [0.4, 0.5) is 0 Å². The van der Waals surface area contributed by atoms with Crippen LogP contribution in [0.25, 0.3) is 0 Å². The van der Waals surface area contributed by atoms with Gasteiger partial charge < -0.3 is 0 Å². The molecule has 0 aromatic carbocycles. The van der Waals surface area contributed by atoms with E-state index in [0.717, 1.165) is 6.42 Å². The lowest BCUT2D eigenvalue weighted by Gasteiger charge is -2.20. The molecule has 1 heterocycles. The molecule has 0 amide bonds. The minimum absolute atomic E-state index is 0.212. The molecule has 0 saturated heterocycles. The first-order valence-corrected chi connectivity index (χ1v) is 4.91. The maximum Gasteiger partial charge on any atom is 0.0633 e. The summed E-state index contributed by atoms with van der Waals surface area (Å²) in [5.41, 5.74) is 4.17. The molecule has 0 saturated carbocycles. The second kappa shape index (κ2) is 3.17. The highest BCUT2D eigenvalue weighted by molar-refractivity contribution is 5.32. The zero-order chi connectivity index (χ0) is 10.2. The lowest BCUT2D eigenvalue weighted by molar-refractivity contribution is 0.576. The molecule has 13 heavy (non-hydrogen) atoms. The number of aromatic nitrogens is 2. The quantitative estimate of drug-likeness (QED) is 0.649. The van der Waals surface area contributed by atoms with E-state index in [9.17, 15) is 0 Å². The van der Waals surface area contributed by atoms with Crippen molar-refractivity contribution in [2.45, 2.75) is 46.5 Å². The molecule has 0 bridgehead atoms. The summed E-state index contributed by atoms with van der Waals surface area (Å²) in [6.45, 7) is 11.0. The molecule has 74 valence electrons. The third kappa shape index (κ3) is 1.77. The van der Waals surface area contributed by atoms with Crippen molar-refractivity contribution in [2.75, 3.05) is 0 Å². The SMILES string of the molecule is CCc1c(C(C)(C)C)c(C)nn1C. The van der Waals surface area contributed by atoms with Crippen LogP contribution in [0.2, 0.25) is 0 Å². The Morgan fingerprint density at radius 3 is 2.15 bits per heavy atom. The van der Waals surface area contributed by atoms with Crippen LogP contribution in [0.1, 0.15) is 44.6 Å². The summed E-state index contributed by atoms with van der Waals surface area (Å²) in [4.78, 5) is 0. The Hall–Kier alpha value is -0.790. The Morgan fingerprint density at radius 1 is 1.31 bits per heavy atom. The first-order chi connectivity index (χ1) is 5.88. The van der Waals surface area contributed by atoms with E-state index in [2.05, 4.69) is 39.7 Å². The second-order valence-electron chi connectivity index (χ2n) is 4.63. The van der Waals surface area contributed by atoms with Gasteiger partial charge in [0.1, 0.15) is 0 Å². The second-order valence-corrected chi connectivity index (χ2v) is 4.63. The van der Waals surface area contributed by atoms with E-state index in [1.807, 2.05) is 11.7 Å². The van der Waals surface area contributed by atoms with Gasteiger partial charge in [-0.05, 0) is 18.8 Å². The molecule has 2 heteroatoms. The van der Waals surface area contributed by atoms with Crippen molar-refractivity contribution < 1.29 is 0 Å². The minimum atomic E-state index is 0.212. The molecular formula is C11H20N2. The fourth-order valence-corrected chi connectivity index (χ4v) is 2.09. The van der Waals surface area contributed by atoms with Gasteiger partial charge in [0.25, 0.3) is 0 Å². The van der Waals surface area contributed by atoms with Crippen molar-refractivity contribution in [3.8, 4) is 0 Å². The van der Waals surface area contributed by atoms with Crippen molar-refractivity contribution in [3.63, 3.8) is 0 Å². The average Bonchev–Trinajstić information content (AvgIpc) is 2.23. The van der Waals surface area contributed by atoms with Gasteiger partial charge in [-0.2, -0.15) is 5.10 Å². The predicted molar refractivity (Wildman–Crippen MR) is 56.0 cm³/mol. The molecule has 0 radical (unpaired) electrons. The smallest absolute Gasteiger partial charge is 0.0633 e. The maximum atomic E-state index is 4.46. The lowest BCUT2D eigenvalue weighted by Crippen LogP contribution is -2.14. The summed E-state index contributed by atoms with van der Waals surface area (Å²) in [5.74, 6) is 0. The lowest BCUT2D eigenvalue weighted by atomic mass is 9.85. The van der Waals surface area contributed by atoms with Gasteiger partial charge in [0.15, 0.2) is 0 Å². The molecule has 0 unspecified atom stereocenters. The number of hydrogen-bond donors (Lipinski definition) is 0. The van der Waals surface area contributed by atoms with Crippen molar-refractivity contribution in [1.29, 1.82) is 0 Å². The summed E-state index contributed by atoms with van der Waals surface area (Å²) in [6, 6.07) is 0. The molecule has 0 N–H and O–H groups in total. The zero-order valence-electron chi connectivity index (χ0n) is 9.60. The summed E-state index contributed by atoms with van der Waals surface area (Å²) in [5, 5.41) is 4.46. The van der Waals surface area contributed by atoms with Crippen molar-refractivity contribution in [1.82, 2.24) is 9.78 Å². The number of nitrogens with zero attached hydrogens (tertiary/aromatic N) is 2. The molecule has 1 aromatic rings. The van der Waals surface area contributed by atoms with Crippen LogP contribution in [0.15, 0.2) is 0 Å². The molecule has 2 nitrogen and oxygen atoms in total. The summed E-state index contributed by atoms with van der Waals surface area (Å²) in [7, 11) is 2.03. The van der Waals surface area contributed by atoms with Gasteiger partial charge in [0.05, 0.1) is 5.69 Å².